The quantitative estimate of drug-likeness (QED) is 0.787. The van der Waals surface area contributed by atoms with Crippen LogP contribution in [0.25, 0.3) is 0 Å². The van der Waals surface area contributed by atoms with E-state index in [0.717, 1.165) is 6.54 Å². The Hall–Kier alpha value is -0.560. The molecular formula is C19H33N3. The summed E-state index contributed by atoms with van der Waals surface area (Å²) in [5.41, 5.74) is 0.483. The predicted molar refractivity (Wildman–Crippen MR) is 92.9 cm³/mol. The van der Waals surface area contributed by atoms with Crippen LogP contribution in [0.15, 0.2) is 0 Å². The number of nitrogens with zero attached hydrogens (tertiary/aromatic N) is 2. The molecule has 1 N–H and O–H groups in total. The van der Waals surface area contributed by atoms with Gasteiger partial charge >= 0.3 is 0 Å². The number of rotatable bonds is 5. The standard InChI is InChI=1S/C19H33N3/c1-2-12-21-15-8-18(9-16-21)20-17-19(10-4-5-11-19)22-13-6-3-7-14-22/h1,18,20H,3-17H2. The Bertz CT molecular complexity index is 367. The summed E-state index contributed by atoms with van der Waals surface area (Å²) in [6.07, 6.45) is 17.9. The SMILES string of the molecule is C#CCN1CCC(NCC2(N3CCCCC3)CCCC2)CC1. The Kier molecular flexibility index (Phi) is 5.79. The molecule has 3 heteroatoms. The fourth-order valence-corrected chi connectivity index (χ4v) is 4.76. The predicted octanol–water partition coefficient (Wildman–Crippen LogP) is 2.47. The summed E-state index contributed by atoms with van der Waals surface area (Å²) in [6.45, 7) is 7.04. The maximum absolute atomic E-state index is 5.42. The Balaban J connectivity index is 1.49. The van der Waals surface area contributed by atoms with Gasteiger partial charge < -0.3 is 5.32 Å². The number of likely N-dealkylation sites (tertiary alicyclic amines) is 2. The highest BCUT2D eigenvalue weighted by atomic mass is 15.2. The Labute approximate surface area is 136 Å². The molecule has 0 bridgehead atoms. The fourth-order valence-electron chi connectivity index (χ4n) is 4.76. The van der Waals surface area contributed by atoms with E-state index in [1.54, 1.807) is 0 Å². The van der Waals surface area contributed by atoms with E-state index in [1.165, 1.54) is 90.5 Å². The lowest BCUT2D eigenvalue weighted by atomic mass is 9.91. The molecule has 3 fully saturated rings. The van der Waals surface area contributed by atoms with Crippen molar-refractivity contribution in [3.63, 3.8) is 0 Å². The van der Waals surface area contributed by atoms with Crippen molar-refractivity contribution in [3.8, 4) is 12.3 Å². The average Bonchev–Trinajstić information content (AvgIpc) is 3.06. The monoisotopic (exact) mass is 303 g/mol. The van der Waals surface area contributed by atoms with E-state index >= 15 is 0 Å². The van der Waals surface area contributed by atoms with Crippen LogP contribution in [0.3, 0.4) is 0 Å². The first-order chi connectivity index (χ1) is 10.8. The minimum absolute atomic E-state index is 0.483. The summed E-state index contributed by atoms with van der Waals surface area (Å²) in [4.78, 5) is 5.25. The fraction of sp³-hybridized carbons (Fsp3) is 0.895. The maximum atomic E-state index is 5.42. The topological polar surface area (TPSA) is 18.5 Å². The van der Waals surface area contributed by atoms with E-state index in [0.29, 0.717) is 11.6 Å². The zero-order valence-electron chi connectivity index (χ0n) is 14.2. The van der Waals surface area contributed by atoms with Crippen LogP contribution in [0.5, 0.6) is 0 Å². The number of hydrogen-bond donors (Lipinski definition) is 1. The summed E-state index contributed by atoms with van der Waals surface area (Å²) in [7, 11) is 0. The zero-order valence-corrected chi connectivity index (χ0v) is 14.2. The van der Waals surface area contributed by atoms with Gasteiger partial charge in [0.1, 0.15) is 0 Å². The van der Waals surface area contributed by atoms with Crippen LogP contribution in [0, 0.1) is 12.3 Å². The van der Waals surface area contributed by atoms with Gasteiger partial charge in [-0.15, -0.1) is 6.42 Å². The highest BCUT2D eigenvalue weighted by Crippen LogP contribution is 2.36. The lowest BCUT2D eigenvalue weighted by Crippen LogP contribution is -2.57. The third-order valence-corrected chi connectivity index (χ3v) is 6.18. The van der Waals surface area contributed by atoms with E-state index in [2.05, 4.69) is 21.0 Å². The lowest BCUT2D eigenvalue weighted by Gasteiger charge is -2.45. The summed E-state index contributed by atoms with van der Waals surface area (Å²) in [5, 5.41) is 3.94. The lowest BCUT2D eigenvalue weighted by molar-refractivity contribution is 0.0644. The van der Waals surface area contributed by atoms with E-state index < -0.39 is 0 Å². The first-order valence-corrected chi connectivity index (χ1v) is 9.47. The Morgan fingerprint density at radius 3 is 2.27 bits per heavy atom. The second-order valence-electron chi connectivity index (χ2n) is 7.61. The molecular weight excluding hydrogens is 270 g/mol. The van der Waals surface area contributed by atoms with Crippen LogP contribution in [0.2, 0.25) is 0 Å². The molecule has 22 heavy (non-hydrogen) atoms. The van der Waals surface area contributed by atoms with Crippen molar-refractivity contribution < 1.29 is 0 Å². The Morgan fingerprint density at radius 1 is 0.955 bits per heavy atom. The minimum Gasteiger partial charge on any atom is -0.312 e. The highest BCUT2D eigenvalue weighted by molar-refractivity contribution is 4.99. The molecule has 3 nitrogen and oxygen atoms in total. The van der Waals surface area contributed by atoms with E-state index in [-0.39, 0.29) is 0 Å². The normalized spacial score (nSPS) is 27.8. The van der Waals surface area contributed by atoms with Crippen molar-refractivity contribution in [1.29, 1.82) is 0 Å². The highest BCUT2D eigenvalue weighted by Gasteiger charge is 2.40. The van der Waals surface area contributed by atoms with Gasteiger partial charge in [0.15, 0.2) is 0 Å². The van der Waals surface area contributed by atoms with Crippen LogP contribution >= 0.6 is 0 Å². The Morgan fingerprint density at radius 2 is 1.64 bits per heavy atom. The molecule has 0 aromatic rings. The molecule has 0 spiro atoms. The largest absolute Gasteiger partial charge is 0.312 e. The van der Waals surface area contributed by atoms with Crippen molar-refractivity contribution in [3.05, 3.63) is 0 Å². The van der Waals surface area contributed by atoms with Crippen LogP contribution in [0.4, 0.5) is 0 Å². The number of hydrogen-bond acceptors (Lipinski definition) is 3. The van der Waals surface area contributed by atoms with Crippen molar-refractivity contribution in [2.24, 2.45) is 0 Å². The zero-order chi connectivity index (χ0) is 15.3. The van der Waals surface area contributed by atoms with E-state index in [4.69, 9.17) is 6.42 Å². The number of piperidine rings is 2. The molecule has 2 aliphatic heterocycles. The van der Waals surface area contributed by atoms with Crippen LogP contribution in [-0.2, 0) is 0 Å². The second kappa shape index (κ2) is 7.81. The van der Waals surface area contributed by atoms with Crippen LogP contribution in [0.1, 0.15) is 57.8 Å². The van der Waals surface area contributed by atoms with Gasteiger partial charge in [0, 0.05) is 31.2 Å². The molecule has 3 rings (SSSR count). The summed E-state index contributed by atoms with van der Waals surface area (Å²) < 4.78 is 0. The maximum Gasteiger partial charge on any atom is 0.0598 e. The van der Waals surface area contributed by atoms with Gasteiger partial charge in [-0.3, -0.25) is 9.80 Å². The van der Waals surface area contributed by atoms with Crippen molar-refractivity contribution in [2.45, 2.75) is 69.4 Å². The molecule has 2 heterocycles. The molecule has 0 radical (unpaired) electrons. The molecule has 0 aromatic carbocycles. The minimum atomic E-state index is 0.483. The van der Waals surface area contributed by atoms with E-state index in [1.807, 2.05) is 0 Å². The molecule has 1 aliphatic carbocycles. The first-order valence-electron chi connectivity index (χ1n) is 9.47. The number of nitrogens with one attached hydrogen (secondary N) is 1. The smallest absolute Gasteiger partial charge is 0.0598 e. The van der Waals surface area contributed by atoms with Gasteiger partial charge in [-0.1, -0.05) is 25.2 Å². The molecule has 1 saturated carbocycles. The molecule has 0 aromatic heterocycles. The average molecular weight is 303 g/mol. The van der Waals surface area contributed by atoms with Crippen LogP contribution in [-0.4, -0.2) is 60.6 Å². The van der Waals surface area contributed by atoms with Gasteiger partial charge in [0.2, 0.25) is 0 Å². The second-order valence-corrected chi connectivity index (χ2v) is 7.61. The number of terminal acetylenes is 1. The molecule has 0 atom stereocenters. The van der Waals surface area contributed by atoms with Gasteiger partial charge in [0.25, 0.3) is 0 Å². The molecule has 0 amide bonds. The van der Waals surface area contributed by atoms with Gasteiger partial charge in [0.05, 0.1) is 6.54 Å². The third kappa shape index (κ3) is 3.85. The van der Waals surface area contributed by atoms with Crippen molar-refractivity contribution in [1.82, 2.24) is 15.1 Å². The van der Waals surface area contributed by atoms with Gasteiger partial charge in [-0.2, -0.15) is 0 Å². The summed E-state index contributed by atoms with van der Waals surface area (Å²) >= 11 is 0. The van der Waals surface area contributed by atoms with Crippen molar-refractivity contribution in [2.75, 3.05) is 39.3 Å². The van der Waals surface area contributed by atoms with E-state index in [9.17, 15) is 0 Å². The third-order valence-electron chi connectivity index (χ3n) is 6.18. The molecule has 3 aliphatic rings. The van der Waals surface area contributed by atoms with Gasteiger partial charge in [-0.05, 0) is 51.6 Å². The molecule has 2 saturated heterocycles. The summed E-state index contributed by atoms with van der Waals surface area (Å²) in [6, 6.07) is 0.705. The van der Waals surface area contributed by atoms with Crippen LogP contribution < -0.4 is 5.32 Å². The van der Waals surface area contributed by atoms with Gasteiger partial charge in [-0.25, -0.2) is 0 Å². The molecule has 124 valence electrons. The van der Waals surface area contributed by atoms with Crippen molar-refractivity contribution >= 4 is 0 Å². The molecule has 0 unspecified atom stereocenters. The first kappa shape index (κ1) is 16.3. The summed E-state index contributed by atoms with van der Waals surface area (Å²) in [5.74, 6) is 2.78.